The molecule has 2 rings (SSSR count). The number of urea groups is 1. The first-order chi connectivity index (χ1) is 9.96. The molecule has 4 amide bonds. The largest absolute Gasteiger partial charge is 0.344 e. The summed E-state index contributed by atoms with van der Waals surface area (Å²) in [4.78, 5) is 39.4. The normalized spacial score (nSPS) is 28.9. The number of amides is 4. The average molecular weight is 296 g/mol. The second kappa shape index (κ2) is 6.01. The van der Waals surface area contributed by atoms with Crippen molar-refractivity contribution >= 4 is 17.8 Å². The van der Waals surface area contributed by atoms with E-state index in [4.69, 9.17) is 5.73 Å². The molecular weight excluding hydrogens is 272 g/mol. The number of imide groups is 1. The third-order valence-corrected chi connectivity index (χ3v) is 4.75. The van der Waals surface area contributed by atoms with Crippen molar-refractivity contribution in [2.45, 2.75) is 38.1 Å². The van der Waals surface area contributed by atoms with E-state index in [1.165, 1.54) is 4.90 Å². The highest BCUT2D eigenvalue weighted by molar-refractivity contribution is 6.09. The van der Waals surface area contributed by atoms with Gasteiger partial charge in [-0.15, -0.1) is 0 Å². The summed E-state index contributed by atoms with van der Waals surface area (Å²) in [5.41, 5.74) is 4.89. The molecule has 3 N–H and O–H groups in total. The molecule has 1 heterocycles. The maximum Gasteiger partial charge on any atom is 0.325 e. The smallest absolute Gasteiger partial charge is 0.325 e. The van der Waals surface area contributed by atoms with Crippen LogP contribution in [0.3, 0.4) is 0 Å². The molecule has 1 aliphatic heterocycles. The molecule has 0 radical (unpaired) electrons. The Morgan fingerprint density at radius 3 is 2.81 bits per heavy atom. The van der Waals surface area contributed by atoms with Crippen LogP contribution in [0.2, 0.25) is 0 Å². The molecule has 2 aliphatic rings. The summed E-state index contributed by atoms with van der Waals surface area (Å²) in [7, 11) is 1.65. The predicted octanol–water partition coefficient (Wildman–Crippen LogP) is -0.0958. The lowest BCUT2D eigenvalue weighted by Gasteiger charge is -2.38. The third-order valence-electron chi connectivity index (χ3n) is 4.75. The van der Waals surface area contributed by atoms with E-state index in [1.807, 2.05) is 6.92 Å². The fraction of sp³-hybridized carbons (Fsp3) is 0.786. The van der Waals surface area contributed by atoms with Gasteiger partial charge < -0.3 is 16.0 Å². The molecular formula is C14H24N4O3. The quantitative estimate of drug-likeness (QED) is 0.708. The lowest BCUT2D eigenvalue weighted by Crippen LogP contribution is -2.57. The zero-order valence-electron chi connectivity index (χ0n) is 12.7. The first kappa shape index (κ1) is 15.8. The highest BCUT2D eigenvalue weighted by atomic mass is 16.2. The summed E-state index contributed by atoms with van der Waals surface area (Å²) < 4.78 is 0. The van der Waals surface area contributed by atoms with Crippen LogP contribution in [0.15, 0.2) is 0 Å². The Morgan fingerprint density at radius 2 is 2.19 bits per heavy atom. The van der Waals surface area contributed by atoms with Crippen LogP contribution < -0.4 is 11.1 Å². The molecule has 7 heteroatoms. The van der Waals surface area contributed by atoms with Crippen LogP contribution in [0.5, 0.6) is 0 Å². The molecule has 2 unspecified atom stereocenters. The van der Waals surface area contributed by atoms with Crippen LogP contribution in [0.4, 0.5) is 4.79 Å². The highest BCUT2D eigenvalue weighted by Gasteiger charge is 2.56. The molecule has 0 aromatic rings. The molecule has 2 atom stereocenters. The summed E-state index contributed by atoms with van der Waals surface area (Å²) in [5.74, 6) is -0.578. The molecule has 1 saturated carbocycles. The standard InChI is InChI=1S/C14H24N4O3/c1-3-17(2)11(19)9-18-12(20)14(16-13(18)21)7-5-4-6-10(14)8-15/h10H,3-9,15H2,1-2H3,(H,16,21). The van der Waals surface area contributed by atoms with Crippen molar-refractivity contribution in [1.29, 1.82) is 0 Å². The number of nitrogens with zero attached hydrogens (tertiary/aromatic N) is 2. The summed E-state index contributed by atoms with van der Waals surface area (Å²) in [6, 6.07) is -0.474. The van der Waals surface area contributed by atoms with Crippen LogP contribution in [0.25, 0.3) is 0 Å². The van der Waals surface area contributed by atoms with Gasteiger partial charge in [0.1, 0.15) is 12.1 Å². The van der Waals surface area contributed by atoms with Crippen LogP contribution in [-0.4, -0.2) is 59.9 Å². The molecule has 0 aromatic heterocycles. The molecule has 1 aliphatic carbocycles. The highest BCUT2D eigenvalue weighted by Crippen LogP contribution is 2.37. The number of hydrogen-bond acceptors (Lipinski definition) is 4. The van der Waals surface area contributed by atoms with Gasteiger partial charge >= 0.3 is 6.03 Å². The van der Waals surface area contributed by atoms with Gasteiger partial charge in [-0.3, -0.25) is 14.5 Å². The number of rotatable bonds is 4. The zero-order valence-corrected chi connectivity index (χ0v) is 12.7. The lowest BCUT2D eigenvalue weighted by atomic mass is 9.72. The summed E-state index contributed by atoms with van der Waals surface area (Å²) in [6.07, 6.45) is 3.34. The number of likely N-dealkylation sites (N-methyl/N-ethyl adjacent to an activating group) is 1. The molecule has 7 nitrogen and oxygen atoms in total. The Morgan fingerprint density at radius 1 is 1.48 bits per heavy atom. The fourth-order valence-electron chi connectivity index (χ4n) is 3.23. The molecule has 0 bridgehead atoms. The van der Waals surface area contributed by atoms with Crippen molar-refractivity contribution in [3.63, 3.8) is 0 Å². The Bertz CT molecular complexity index is 454. The van der Waals surface area contributed by atoms with Gasteiger partial charge in [0, 0.05) is 19.5 Å². The first-order valence-electron chi connectivity index (χ1n) is 7.54. The van der Waals surface area contributed by atoms with Gasteiger partial charge in [0.2, 0.25) is 5.91 Å². The van der Waals surface area contributed by atoms with E-state index in [0.717, 1.165) is 24.2 Å². The molecule has 21 heavy (non-hydrogen) atoms. The monoisotopic (exact) mass is 296 g/mol. The van der Waals surface area contributed by atoms with Crippen molar-refractivity contribution in [1.82, 2.24) is 15.1 Å². The van der Waals surface area contributed by atoms with Gasteiger partial charge in [0.05, 0.1) is 0 Å². The average Bonchev–Trinajstić information content (AvgIpc) is 2.71. The van der Waals surface area contributed by atoms with E-state index in [9.17, 15) is 14.4 Å². The molecule has 0 aromatic carbocycles. The minimum absolute atomic E-state index is 0.0493. The molecule has 118 valence electrons. The maximum absolute atomic E-state index is 12.7. The molecule has 1 spiro atoms. The van der Waals surface area contributed by atoms with Crippen molar-refractivity contribution in [2.24, 2.45) is 11.7 Å². The molecule has 2 fully saturated rings. The fourth-order valence-corrected chi connectivity index (χ4v) is 3.23. The van der Waals surface area contributed by atoms with E-state index in [2.05, 4.69) is 5.32 Å². The van der Waals surface area contributed by atoms with Crippen molar-refractivity contribution in [3.8, 4) is 0 Å². The first-order valence-corrected chi connectivity index (χ1v) is 7.54. The predicted molar refractivity (Wildman–Crippen MR) is 77.3 cm³/mol. The summed E-state index contributed by atoms with van der Waals surface area (Å²) >= 11 is 0. The Balaban J connectivity index is 2.17. The second-order valence-electron chi connectivity index (χ2n) is 5.88. The number of carbonyl (C=O) groups excluding carboxylic acids is 3. The van der Waals surface area contributed by atoms with Crippen molar-refractivity contribution in [2.75, 3.05) is 26.7 Å². The van der Waals surface area contributed by atoms with E-state index < -0.39 is 11.6 Å². The third kappa shape index (κ3) is 2.62. The number of hydrogen-bond donors (Lipinski definition) is 2. The Hall–Kier alpha value is -1.63. The van der Waals surface area contributed by atoms with Crippen LogP contribution in [0.1, 0.15) is 32.6 Å². The summed E-state index contributed by atoms with van der Waals surface area (Å²) in [6.45, 7) is 2.55. The Labute approximate surface area is 124 Å². The molecule has 1 saturated heterocycles. The number of carbonyl (C=O) groups is 3. The van der Waals surface area contributed by atoms with Crippen LogP contribution >= 0.6 is 0 Å². The lowest BCUT2D eigenvalue weighted by molar-refractivity contribution is -0.140. The summed E-state index contributed by atoms with van der Waals surface area (Å²) in [5, 5.41) is 2.82. The topological polar surface area (TPSA) is 95.7 Å². The minimum atomic E-state index is -0.894. The van der Waals surface area contributed by atoms with Gasteiger partial charge in [0.15, 0.2) is 0 Å². The second-order valence-corrected chi connectivity index (χ2v) is 5.88. The SMILES string of the molecule is CCN(C)C(=O)CN1C(=O)NC2(CCCCC2CN)C1=O. The van der Waals surface area contributed by atoms with Crippen molar-refractivity contribution < 1.29 is 14.4 Å². The van der Waals surface area contributed by atoms with Gasteiger partial charge in [-0.1, -0.05) is 12.8 Å². The minimum Gasteiger partial charge on any atom is -0.344 e. The van der Waals surface area contributed by atoms with Gasteiger partial charge in [-0.2, -0.15) is 0 Å². The van der Waals surface area contributed by atoms with Crippen LogP contribution in [0, 0.1) is 5.92 Å². The Kier molecular flexibility index (Phi) is 4.51. The van der Waals surface area contributed by atoms with E-state index >= 15 is 0 Å². The van der Waals surface area contributed by atoms with Crippen molar-refractivity contribution in [3.05, 3.63) is 0 Å². The van der Waals surface area contributed by atoms with Gasteiger partial charge in [0.25, 0.3) is 5.91 Å². The van der Waals surface area contributed by atoms with Crippen LogP contribution in [-0.2, 0) is 9.59 Å². The van der Waals surface area contributed by atoms with E-state index in [0.29, 0.717) is 19.5 Å². The van der Waals surface area contributed by atoms with Gasteiger partial charge in [-0.25, -0.2) is 4.79 Å². The van der Waals surface area contributed by atoms with E-state index in [1.54, 1.807) is 7.05 Å². The maximum atomic E-state index is 12.7. The van der Waals surface area contributed by atoms with Gasteiger partial charge in [-0.05, 0) is 26.3 Å². The number of nitrogens with two attached hydrogens (primary N) is 1. The zero-order chi connectivity index (χ0) is 15.6. The number of nitrogens with one attached hydrogen (secondary N) is 1. The van der Waals surface area contributed by atoms with E-state index in [-0.39, 0.29) is 24.3 Å².